The summed E-state index contributed by atoms with van der Waals surface area (Å²) in [4.78, 5) is 4.28. The molecule has 0 radical (unpaired) electrons. The molecule has 2 aromatic rings. The zero-order valence-corrected chi connectivity index (χ0v) is 13.8. The molecule has 5 heteroatoms. The second kappa shape index (κ2) is 8.66. The van der Waals surface area contributed by atoms with Gasteiger partial charge in [0.1, 0.15) is 11.6 Å². The highest BCUT2D eigenvalue weighted by Gasteiger charge is 2.13. The number of aliphatic hydroxyl groups excluding tert-OH is 1. The van der Waals surface area contributed by atoms with Gasteiger partial charge >= 0.3 is 0 Å². The van der Waals surface area contributed by atoms with Crippen LogP contribution in [0.4, 0.5) is 8.78 Å². The van der Waals surface area contributed by atoms with Crippen LogP contribution in [0.15, 0.2) is 36.4 Å². The van der Waals surface area contributed by atoms with Crippen LogP contribution in [-0.4, -0.2) is 22.7 Å². The molecule has 0 unspecified atom stereocenters. The predicted octanol–water partition coefficient (Wildman–Crippen LogP) is 3.64. The minimum atomic E-state index is -0.397. The van der Waals surface area contributed by atoms with Gasteiger partial charge in [-0.25, -0.2) is 13.8 Å². The van der Waals surface area contributed by atoms with Gasteiger partial charge in [0.05, 0.1) is 18.0 Å². The molecule has 0 aliphatic rings. The van der Waals surface area contributed by atoms with E-state index in [1.807, 2.05) is 13.8 Å². The van der Waals surface area contributed by atoms with E-state index in [1.165, 1.54) is 18.2 Å². The number of aromatic nitrogens is 1. The Bertz CT molecular complexity index is 702. The molecule has 1 aromatic carbocycles. The Kier molecular flexibility index (Phi) is 6.58. The van der Waals surface area contributed by atoms with Crippen molar-refractivity contribution in [2.75, 3.05) is 6.61 Å². The summed E-state index contributed by atoms with van der Waals surface area (Å²) >= 11 is 0. The number of hydrogen-bond acceptors (Lipinski definition) is 3. The molecule has 0 aliphatic heterocycles. The lowest BCUT2D eigenvalue weighted by atomic mass is 10.1. The number of aliphatic hydroxyl groups is 1. The summed E-state index contributed by atoms with van der Waals surface area (Å²) < 4.78 is 27.1. The van der Waals surface area contributed by atoms with E-state index in [2.05, 4.69) is 10.3 Å². The number of hydrogen-bond donors (Lipinski definition) is 2. The molecular weight excluding hydrogens is 310 g/mol. The Morgan fingerprint density at radius 1 is 1.17 bits per heavy atom. The monoisotopic (exact) mass is 332 g/mol. The van der Waals surface area contributed by atoms with Crippen LogP contribution in [0, 0.1) is 17.6 Å². The van der Waals surface area contributed by atoms with E-state index < -0.39 is 5.82 Å². The van der Waals surface area contributed by atoms with Crippen molar-refractivity contribution >= 4 is 12.2 Å². The van der Waals surface area contributed by atoms with E-state index in [-0.39, 0.29) is 36.6 Å². The molecule has 3 nitrogen and oxygen atoms in total. The molecule has 2 rings (SSSR count). The van der Waals surface area contributed by atoms with Crippen molar-refractivity contribution in [3.8, 4) is 0 Å². The van der Waals surface area contributed by atoms with Gasteiger partial charge in [-0.1, -0.05) is 32.1 Å². The topological polar surface area (TPSA) is 45.1 Å². The van der Waals surface area contributed by atoms with E-state index in [9.17, 15) is 13.9 Å². The fourth-order valence-corrected chi connectivity index (χ4v) is 2.25. The normalized spacial score (nSPS) is 12.9. The van der Waals surface area contributed by atoms with Gasteiger partial charge in [-0.05, 0) is 41.8 Å². The second-order valence-electron chi connectivity index (χ2n) is 5.97. The largest absolute Gasteiger partial charge is 0.395 e. The Balaban J connectivity index is 2.10. The van der Waals surface area contributed by atoms with E-state index in [0.29, 0.717) is 11.3 Å². The average molecular weight is 332 g/mol. The molecule has 0 fully saturated rings. The first kappa shape index (κ1) is 18.2. The summed E-state index contributed by atoms with van der Waals surface area (Å²) in [6.45, 7) is 4.18. The van der Waals surface area contributed by atoms with Crippen molar-refractivity contribution in [1.29, 1.82) is 0 Å². The lowest BCUT2D eigenvalue weighted by Crippen LogP contribution is -2.37. The summed E-state index contributed by atoms with van der Waals surface area (Å²) in [7, 11) is 0. The van der Waals surface area contributed by atoms with Crippen LogP contribution in [0.25, 0.3) is 12.2 Å². The standard InChI is InChI=1S/C19H22F2N2O/c1-13(2)19(12-24)22-11-18-17(21)9-8-16(23-18)7-6-14-4-3-5-15(20)10-14/h3-10,13,19,22,24H,11-12H2,1-2H3/t19-/m0/s1. The summed E-state index contributed by atoms with van der Waals surface area (Å²) in [5, 5.41) is 12.4. The average Bonchev–Trinajstić information content (AvgIpc) is 2.55. The molecule has 128 valence electrons. The molecule has 2 N–H and O–H groups in total. The number of nitrogens with one attached hydrogen (secondary N) is 1. The van der Waals surface area contributed by atoms with E-state index >= 15 is 0 Å². The van der Waals surface area contributed by atoms with Crippen LogP contribution in [0.5, 0.6) is 0 Å². The van der Waals surface area contributed by atoms with Crippen molar-refractivity contribution in [3.63, 3.8) is 0 Å². The Labute approximate surface area is 141 Å². The molecule has 24 heavy (non-hydrogen) atoms. The third-order valence-electron chi connectivity index (χ3n) is 3.77. The van der Waals surface area contributed by atoms with Crippen molar-refractivity contribution in [2.24, 2.45) is 5.92 Å². The highest BCUT2D eigenvalue weighted by molar-refractivity contribution is 5.67. The number of benzene rings is 1. The first-order valence-electron chi connectivity index (χ1n) is 7.93. The molecule has 0 saturated carbocycles. The Hall–Kier alpha value is -2.11. The van der Waals surface area contributed by atoms with Gasteiger partial charge in [-0.15, -0.1) is 0 Å². The number of pyridine rings is 1. The molecule has 1 heterocycles. The molecule has 0 saturated heterocycles. The highest BCUT2D eigenvalue weighted by atomic mass is 19.1. The molecule has 1 atom stereocenters. The van der Waals surface area contributed by atoms with Crippen molar-refractivity contribution < 1.29 is 13.9 Å². The predicted molar refractivity (Wildman–Crippen MR) is 92.1 cm³/mol. The Morgan fingerprint density at radius 3 is 2.62 bits per heavy atom. The second-order valence-corrected chi connectivity index (χ2v) is 5.97. The van der Waals surface area contributed by atoms with Gasteiger partial charge in [-0.3, -0.25) is 0 Å². The first-order valence-corrected chi connectivity index (χ1v) is 7.93. The van der Waals surface area contributed by atoms with E-state index in [1.54, 1.807) is 30.4 Å². The molecule has 0 bridgehead atoms. The third-order valence-corrected chi connectivity index (χ3v) is 3.77. The lowest BCUT2D eigenvalue weighted by molar-refractivity contribution is 0.209. The van der Waals surface area contributed by atoms with Crippen LogP contribution < -0.4 is 5.32 Å². The number of nitrogens with zero attached hydrogens (tertiary/aromatic N) is 1. The fraction of sp³-hybridized carbons (Fsp3) is 0.316. The first-order chi connectivity index (χ1) is 11.5. The summed E-state index contributed by atoms with van der Waals surface area (Å²) in [6, 6.07) is 9.01. The maximum atomic E-state index is 13.9. The summed E-state index contributed by atoms with van der Waals surface area (Å²) in [5.74, 6) is -0.474. The maximum Gasteiger partial charge on any atom is 0.146 e. The zero-order valence-electron chi connectivity index (χ0n) is 13.8. The Morgan fingerprint density at radius 2 is 1.96 bits per heavy atom. The van der Waals surface area contributed by atoms with Gasteiger partial charge in [0.15, 0.2) is 0 Å². The third kappa shape index (κ3) is 5.22. The van der Waals surface area contributed by atoms with Crippen molar-refractivity contribution in [2.45, 2.75) is 26.4 Å². The van der Waals surface area contributed by atoms with Gasteiger partial charge < -0.3 is 10.4 Å². The molecular formula is C19H22F2N2O. The number of halogens is 2. The van der Waals surface area contributed by atoms with Crippen LogP contribution in [0.3, 0.4) is 0 Å². The summed E-state index contributed by atoms with van der Waals surface area (Å²) in [5.41, 5.74) is 1.58. The molecule has 0 spiro atoms. The van der Waals surface area contributed by atoms with Gasteiger partial charge in [0, 0.05) is 12.6 Å². The van der Waals surface area contributed by atoms with Crippen LogP contribution in [0.1, 0.15) is 30.8 Å². The van der Waals surface area contributed by atoms with E-state index in [0.717, 1.165) is 0 Å². The quantitative estimate of drug-likeness (QED) is 0.814. The van der Waals surface area contributed by atoms with Crippen LogP contribution in [0.2, 0.25) is 0 Å². The minimum absolute atomic E-state index is 0.0154. The van der Waals surface area contributed by atoms with Gasteiger partial charge in [-0.2, -0.15) is 0 Å². The minimum Gasteiger partial charge on any atom is -0.395 e. The smallest absolute Gasteiger partial charge is 0.146 e. The van der Waals surface area contributed by atoms with Crippen molar-refractivity contribution in [1.82, 2.24) is 10.3 Å². The van der Waals surface area contributed by atoms with E-state index in [4.69, 9.17) is 0 Å². The highest BCUT2D eigenvalue weighted by Crippen LogP contribution is 2.12. The van der Waals surface area contributed by atoms with Crippen LogP contribution >= 0.6 is 0 Å². The maximum absolute atomic E-state index is 13.9. The SMILES string of the molecule is CC(C)[C@H](CO)NCc1nc(C=Cc2cccc(F)c2)ccc1F. The summed E-state index contributed by atoms with van der Waals surface area (Å²) in [6.07, 6.45) is 3.44. The van der Waals surface area contributed by atoms with Crippen molar-refractivity contribution in [3.05, 3.63) is 65.0 Å². The number of rotatable bonds is 7. The van der Waals surface area contributed by atoms with Crippen LogP contribution in [-0.2, 0) is 6.54 Å². The molecule has 1 aromatic heterocycles. The molecule has 0 aliphatic carbocycles. The van der Waals surface area contributed by atoms with Gasteiger partial charge in [0.25, 0.3) is 0 Å². The van der Waals surface area contributed by atoms with Gasteiger partial charge in [0.2, 0.25) is 0 Å². The lowest BCUT2D eigenvalue weighted by Gasteiger charge is -2.19. The zero-order chi connectivity index (χ0) is 17.5. The fourth-order valence-electron chi connectivity index (χ4n) is 2.25. The molecule has 0 amide bonds.